The normalized spacial score (nSPS) is 13.8. The minimum Gasteiger partial charge on any atom is -0.310 e. The Kier molecular flexibility index (Phi) is 6.97. The summed E-state index contributed by atoms with van der Waals surface area (Å²) < 4.78 is 0. The lowest BCUT2D eigenvalue weighted by atomic mass is 9.99. The van der Waals surface area contributed by atoms with Crippen molar-refractivity contribution in [3.63, 3.8) is 0 Å². The molecule has 1 heterocycles. The quantitative estimate of drug-likeness (QED) is 0.600. The van der Waals surface area contributed by atoms with Gasteiger partial charge in [0, 0.05) is 36.4 Å². The van der Waals surface area contributed by atoms with Crippen molar-refractivity contribution in [2.24, 2.45) is 0 Å². The predicted octanol–water partition coefficient (Wildman–Crippen LogP) is 4.67. The van der Waals surface area contributed by atoms with Crippen LogP contribution >= 0.6 is 0 Å². The van der Waals surface area contributed by atoms with Crippen LogP contribution in [0.25, 0.3) is 10.8 Å². The number of nitrogens with zero attached hydrogens (tertiary/aromatic N) is 2. The molecule has 3 heteroatoms. The molecule has 0 aliphatic carbocycles. The highest BCUT2D eigenvalue weighted by Crippen LogP contribution is 2.16. The number of aromatic nitrogens is 1. The van der Waals surface area contributed by atoms with Crippen LogP contribution in [-0.2, 0) is 13.0 Å². The van der Waals surface area contributed by atoms with E-state index in [1.54, 1.807) is 0 Å². The molecular formula is C24H31N3. The average molecular weight is 362 g/mol. The van der Waals surface area contributed by atoms with E-state index in [0.29, 0.717) is 12.1 Å². The van der Waals surface area contributed by atoms with E-state index in [1.165, 1.54) is 28.3 Å². The molecule has 2 atom stereocenters. The van der Waals surface area contributed by atoms with Crippen LogP contribution in [0.4, 0.5) is 0 Å². The molecule has 0 saturated heterocycles. The summed E-state index contributed by atoms with van der Waals surface area (Å²) in [6.45, 7) is 3.20. The van der Waals surface area contributed by atoms with Gasteiger partial charge < -0.3 is 10.2 Å². The second-order valence-electron chi connectivity index (χ2n) is 7.72. The maximum atomic E-state index is 4.18. The van der Waals surface area contributed by atoms with Crippen molar-refractivity contribution < 1.29 is 0 Å². The molecule has 1 unspecified atom stereocenters. The molecule has 1 N–H and O–H groups in total. The number of hydrogen-bond acceptors (Lipinski definition) is 3. The minimum atomic E-state index is 0.473. The summed E-state index contributed by atoms with van der Waals surface area (Å²) in [7, 11) is 4.39. The molecule has 0 saturated carbocycles. The Hall–Kier alpha value is -2.23. The van der Waals surface area contributed by atoms with Crippen molar-refractivity contribution in [1.29, 1.82) is 0 Å². The summed E-state index contributed by atoms with van der Waals surface area (Å²) in [5.74, 6) is 0. The maximum Gasteiger partial charge on any atom is 0.0346 e. The van der Waals surface area contributed by atoms with Crippen LogP contribution < -0.4 is 5.32 Å². The highest BCUT2D eigenvalue weighted by molar-refractivity contribution is 5.81. The van der Waals surface area contributed by atoms with Crippen molar-refractivity contribution in [2.45, 2.75) is 44.8 Å². The SMILES string of the molecule is C[C@H](CC(CCc1ccccc1)N(C)C)NCc1ccc2cnccc2c1. The Bertz CT molecular complexity index is 829. The van der Waals surface area contributed by atoms with E-state index >= 15 is 0 Å². The summed E-state index contributed by atoms with van der Waals surface area (Å²) in [6.07, 6.45) is 7.25. The molecule has 0 aliphatic heterocycles. The van der Waals surface area contributed by atoms with Crippen LogP contribution in [0.15, 0.2) is 67.0 Å². The van der Waals surface area contributed by atoms with Gasteiger partial charge in [-0.15, -0.1) is 0 Å². The first kappa shape index (κ1) is 19.5. The fraction of sp³-hybridized carbons (Fsp3) is 0.375. The summed E-state index contributed by atoms with van der Waals surface area (Å²) in [5, 5.41) is 6.16. The molecule has 3 rings (SSSR count). The van der Waals surface area contributed by atoms with Gasteiger partial charge in [0.25, 0.3) is 0 Å². The zero-order valence-corrected chi connectivity index (χ0v) is 16.7. The predicted molar refractivity (Wildman–Crippen MR) is 115 cm³/mol. The molecule has 0 radical (unpaired) electrons. The Labute approximate surface area is 163 Å². The van der Waals surface area contributed by atoms with Gasteiger partial charge in [-0.3, -0.25) is 4.98 Å². The van der Waals surface area contributed by atoms with E-state index in [0.717, 1.165) is 19.4 Å². The van der Waals surface area contributed by atoms with Crippen molar-refractivity contribution in [3.8, 4) is 0 Å². The first-order valence-electron chi connectivity index (χ1n) is 9.88. The van der Waals surface area contributed by atoms with Gasteiger partial charge in [-0.1, -0.05) is 42.5 Å². The second kappa shape index (κ2) is 9.63. The number of benzene rings is 2. The fourth-order valence-electron chi connectivity index (χ4n) is 3.59. The zero-order chi connectivity index (χ0) is 19.1. The van der Waals surface area contributed by atoms with Crippen LogP contribution in [0.2, 0.25) is 0 Å². The first-order valence-corrected chi connectivity index (χ1v) is 9.88. The number of hydrogen-bond donors (Lipinski definition) is 1. The molecule has 0 aliphatic rings. The molecule has 142 valence electrons. The average Bonchev–Trinajstić information content (AvgIpc) is 2.70. The van der Waals surface area contributed by atoms with Gasteiger partial charge in [0.1, 0.15) is 0 Å². The van der Waals surface area contributed by atoms with Crippen molar-refractivity contribution in [2.75, 3.05) is 14.1 Å². The molecule has 3 aromatic rings. The van der Waals surface area contributed by atoms with Gasteiger partial charge in [-0.05, 0) is 68.9 Å². The van der Waals surface area contributed by atoms with Gasteiger partial charge in [0.2, 0.25) is 0 Å². The smallest absolute Gasteiger partial charge is 0.0346 e. The highest BCUT2D eigenvalue weighted by Gasteiger charge is 2.15. The van der Waals surface area contributed by atoms with Crippen molar-refractivity contribution in [1.82, 2.24) is 15.2 Å². The topological polar surface area (TPSA) is 28.2 Å². The molecule has 2 aromatic carbocycles. The van der Waals surface area contributed by atoms with Crippen LogP contribution in [-0.4, -0.2) is 36.1 Å². The van der Waals surface area contributed by atoms with Crippen molar-refractivity contribution in [3.05, 3.63) is 78.1 Å². The standard InChI is InChI=1S/C24H31N3/c1-19(15-24(27(2)3)12-10-20-7-5-4-6-8-20)26-17-21-9-11-23-18-25-14-13-22(23)16-21/h4-9,11,13-14,16,18-19,24,26H,10,12,15,17H2,1-3H3/t19-,24?/m1/s1. The van der Waals surface area contributed by atoms with Crippen LogP contribution in [0.1, 0.15) is 30.9 Å². The molecule has 0 amide bonds. The number of pyridine rings is 1. The Morgan fingerprint density at radius 1 is 0.963 bits per heavy atom. The highest BCUT2D eigenvalue weighted by atomic mass is 15.1. The van der Waals surface area contributed by atoms with Crippen LogP contribution in [0, 0.1) is 0 Å². The largest absolute Gasteiger partial charge is 0.310 e. The van der Waals surface area contributed by atoms with Gasteiger partial charge >= 0.3 is 0 Å². The molecule has 1 aromatic heterocycles. The third-order valence-electron chi connectivity index (χ3n) is 5.32. The number of nitrogens with one attached hydrogen (secondary N) is 1. The van der Waals surface area contributed by atoms with Crippen LogP contribution in [0.5, 0.6) is 0 Å². The summed E-state index contributed by atoms with van der Waals surface area (Å²) in [4.78, 5) is 6.55. The van der Waals surface area contributed by atoms with E-state index < -0.39 is 0 Å². The Balaban J connectivity index is 1.51. The minimum absolute atomic E-state index is 0.473. The lowest BCUT2D eigenvalue weighted by Gasteiger charge is -2.28. The van der Waals surface area contributed by atoms with Gasteiger partial charge in [0.15, 0.2) is 0 Å². The molecule has 0 spiro atoms. The van der Waals surface area contributed by atoms with Gasteiger partial charge in [0.05, 0.1) is 0 Å². The first-order chi connectivity index (χ1) is 13.1. The number of rotatable bonds is 9. The van der Waals surface area contributed by atoms with E-state index in [4.69, 9.17) is 0 Å². The monoisotopic (exact) mass is 361 g/mol. The lowest BCUT2D eigenvalue weighted by Crippen LogP contribution is -2.36. The molecular weight excluding hydrogens is 330 g/mol. The summed E-state index contributed by atoms with van der Waals surface area (Å²) in [5.41, 5.74) is 2.75. The molecule has 3 nitrogen and oxygen atoms in total. The summed E-state index contributed by atoms with van der Waals surface area (Å²) >= 11 is 0. The number of aryl methyl sites for hydroxylation is 1. The summed E-state index contributed by atoms with van der Waals surface area (Å²) in [6, 6.07) is 20.5. The third-order valence-corrected chi connectivity index (χ3v) is 5.32. The Morgan fingerprint density at radius 2 is 1.78 bits per heavy atom. The zero-order valence-electron chi connectivity index (χ0n) is 16.7. The van der Waals surface area contributed by atoms with E-state index in [9.17, 15) is 0 Å². The van der Waals surface area contributed by atoms with Crippen molar-refractivity contribution >= 4 is 10.8 Å². The van der Waals surface area contributed by atoms with Gasteiger partial charge in [-0.25, -0.2) is 0 Å². The van der Waals surface area contributed by atoms with E-state index in [2.05, 4.69) is 90.8 Å². The number of fused-ring (bicyclic) bond motifs is 1. The molecule has 0 fully saturated rings. The lowest BCUT2D eigenvalue weighted by molar-refractivity contribution is 0.243. The maximum absolute atomic E-state index is 4.18. The second-order valence-corrected chi connectivity index (χ2v) is 7.72. The molecule has 0 bridgehead atoms. The third kappa shape index (κ3) is 5.88. The fourth-order valence-corrected chi connectivity index (χ4v) is 3.59. The Morgan fingerprint density at radius 3 is 2.56 bits per heavy atom. The van der Waals surface area contributed by atoms with E-state index in [1.807, 2.05) is 12.4 Å². The van der Waals surface area contributed by atoms with Gasteiger partial charge in [-0.2, -0.15) is 0 Å². The van der Waals surface area contributed by atoms with E-state index in [-0.39, 0.29) is 0 Å². The molecule has 27 heavy (non-hydrogen) atoms. The van der Waals surface area contributed by atoms with Crippen LogP contribution in [0.3, 0.4) is 0 Å².